The van der Waals surface area contributed by atoms with Crippen molar-refractivity contribution in [2.75, 3.05) is 6.61 Å². The molecule has 132 valence electrons. The van der Waals surface area contributed by atoms with Crippen LogP contribution in [0.3, 0.4) is 0 Å². The van der Waals surface area contributed by atoms with E-state index in [1.54, 1.807) is 19.1 Å². The van der Waals surface area contributed by atoms with E-state index in [2.05, 4.69) is 17.4 Å². The molecule has 0 radical (unpaired) electrons. The maximum Gasteiger partial charge on any atom is 0.307 e. The number of hydrogen-bond donors (Lipinski definition) is 1. The fourth-order valence-electron chi connectivity index (χ4n) is 2.48. The van der Waals surface area contributed by atoms with Crippen LogP contribution in [-0.2, 0) is 16.0 Å². The van der Waals surface area contributed by atoms with E-state index < -0.39 is 0 Å². The Bertz CT molecular complexity index is 680. The molecule has 4 nitrogen and oxygen atoms in total. The summed E-state index contributed by atoms with van der Waals surface area (Å²) in [5, 5.41) is 2.82. The third-order valence-electron chi connectivity index (χ3n) is 3.88. The van der Waals surface area contributed by atoms with E-state index >= 15 is 0 Å². The van der Waals surface area contributed by atoms with E-state index in [1.165, 1.54) is 5.56 Å². The normalized spacial score (nSPS) is 11.6. The van der Waals surface area contributed by atoms with Gasteiger partial charge >= 0.3 is 5.97 Å². The van der Waals surface area contributed by atoms with Crippen molar-refractivity contribution in [3.8, 4) is 0 Å². The van der Waals surface area contributed by atoms with Gasteiger partial charge in [-0.15, -0.1) is 0 Å². The number of ether oxygens (including phenoxy) is 1. The van der Waals surface area contributed by atoms with Crippen LogP contribution in [-0.4, -0.2) is 24.5 Å². The van der Waals surface area contributed by atoms with Gasteiger partial charge in [-0.25, -0.2) is 0 Å². The molecule has 0 aliphatic carbocycles. The summed E-state index contributed by atoms with van der Waals surface area (Å²) in [5.74, 6) is -0.464. The summed E-state index contributed by atoms with van der Waals surface area (Å²) in [7, 11) is 0. The Balaban J connectivity index is 1.65. The Kier molecular flexibility index (Phi) is 7.20. The molecule has 0 bridgehead atoms. The number of benzene rings is 2. The summed E-state index contributed by atoms with van der Waals surface area (Å²) in [6, 6.07) is 17.2. The maximum atomic E-state index is 12.1. The van der Waals surface area contributed by atoms with Gasteiger partial charge in [0.2, 0.25) is 0 Å². The second-order valence-corrected chi connectivity index (χ2v) is 6.25. The number of carbonyl (C=O) groups is 2. The van der Waals surface area contributed by atoms with Gasteiger partial charge in [0.1, 0.15) is 0 Å². The number of esters is 1. The van der Waals surface area contributed by atoms with Crippen LogP contribution < -0.4 is 5.32 Å². The largest absolute Gasteiger partial charge is 0.466 e. The van der Waals surface area contributed by atoms with Crippen LogP contribution in [0.15, 0.2) is 54.6 Å². The average molecular weight is 339 g/mol. The third-order valence-corrected chi connectivity index (χ3v) is 3.88. The smallest absolute Gasteiger partial charge is 0.307 e. The number of nitrogens with one attached hydrogen (secondary N) is 1. The quantitative estimate of drug-likeness (QED) is 0.589. The lowest BCUT2D eigenvalue weighted by molar-refractivity contribution is -0.144. The van der Waals surface area contributed by atoms with Crippen LogP contribution in [0.2, 0.25) is 0 Å². The molecule has 2 aromatic rings. The van der Waals surface area contributed by atoms with E-state index in [-0.39, 0.29) is 24.3 Å². The number of hydrogen-bond acceptors (Lipinski definition) is 3. The van der Waals surface area contributed by atoms with E-state index in [9.17, 15) is 9.59 Å². The Morgan fingerprint density at radius 1 is 1.04 bits per heavy atom. The predicted molar refractivity (Wildman–Crippen MR) is 98.4 cm³/mol. The van der Waals surface area contributed by atoms with E-state index in [0.717, 1.165) is 18.4 Å². The highest BCUT2D eigenvalue weighted by molar-refractivity contribution is 5.94. The molecule has 0 spiro atoms. The zero-order valence-corrected chi connectivity index (χ0v) is 14.8. The first-order valence-corrected chi connectivity index (χ1v) is 8.61. The first-order chi connectivity index (χ1) is 12.0. The van der Waals surface area contributed by atoms with Crippen molar-refractivity contribution in [1.29, 1.82) is 0 Å². The molecule has 0 saturated heterocycles. The Labute approximate surface area is 149 Å². The molecule has 0 aliphatic heterocycles. The van der Waals surface area contributed by atoms with Crippen LogP contribution in [0.1, 0.15) is 41.3 Å². The summed E-state index contributed by atoms with van der Waals surface area (Å²) in [4.78, 5) is 24.0. The standard InChI is InChI=1S/C21H25NO3/c1-16-10-12-19(13-11-16)21(24)22-17(2)15-20(23)25-14-6-9-18-7-4-3-5-8-18/h3-5,7-8,10-13,17H,6,9,14-15H2,1-2H3,(H,22,24). The zero-order valence-electron chi connectivity index (χ0n) is 14.8. The molecule has 2 aromatic carbocycles. The van der Waals surface area contributed by atoms with Gasteiger partial charge in [0.05, 0.1) is 13.0 Å². The Morgan fingerprint density at radius 2 is 1.72 bits per heavy atom. The van der Waals surface area contributed by atoms with E-state index in [0.29, 0.717) is 12.2 Å². The zero-order chi connectivity index (χ0) is 18.1. The first-order valence-electron chi connectivity index (χ1n) is 8.61. The van der Waals surface area contributed by atoms with Gasteiger partial charge in [0.25, 0.3) is 5.91 Å². The second-order valence-electron chi connectivity index (χ2n) is 6.25. The molecule has 1 N–H and O–H groups in total. The van der Waals surface area contributed by atoms with E-state index in [4.69, 9.17) is 4.74 Å². The molecule has 1 amide bonds. The summed E-state index contributed by atoms with van der Waals surface area (Å²) in [6.07, 6.45) is 1.84. The van der Waals surface area contributed by atoms with Crippen LogP contribution >= 0.6 is 0 Å². The Morgan fingerprint density at radius 3 is 2.40 bits per heavy atom. The fraction of sp³-hybridized carbons (Fsp3) is 0.333. The topological polar surface area (TPSA) is 55.4 Å². The molecule has 2 rings (SSSR count). The summed E-state index contributed by atoms with van der Waals surface area (Å²) < 4.78 is 5.25. The molecule has 1 atom stereocenters. The summed E-state index contributed by atoms with van der Waals surface area (Å²) >= 11 is 0. The molecule has 1 unspecified atom stereocenters. The molecular weight excluding hydrogens is 314 g/mol. The number of rotatable bonds is 8. The highest BCUT2D eigenvalue weighted by atomic mass is 16.5. The van der Waals surface area contributed by atoms with Gasteiger partial charge in [-0.3, -0.25) is 9.59 Å². The molecule has 0 aliphatic rings. The highest BCUT2D eigenvalue weighted by Crippen LogP contribution is 2.05. The lowest BCUT2D eigenvalue weighted by atomic mass is 10.1. The van der Waals surface area contributed by atoms with Crippen molar-refractivity contribution >= 4 is 11.9 Å². The third kappa shape index (κ3) is 6.79. The number of carbonyl (C=O) groups excluding carboxylic acids is 2. The average Bonchev–Trinajstić information content (AvgIpc) is 2.60. The van der Waals surface area contributed by atoms with Crippen LogP contribution in [0.5, 0.6) is 0 Å². The van der Waals surface area contributed by atoms with Crippen molar-refractivity contribution in [1.82, 2.24) is 5.32 Å². The molecule has 0 saturated carbocycles. The molecule has 0 heterocycles. The van der Waals surface area contributed by atoms with Gasteiger partial charge in [0.15, 0.2) is 0 Å². The first kappa shape index (κ1) is 18.7. The van der Waals surface area contributed by atoms with Gasteiger partial charge in [-0.2, -0.15) is 0 Å². The van der Waals surface area contributed by atoms with Crippen LogP contribution in [0.4, 0.5) is 0 Å². The van der Waals surface area contributed by atoms with Crippen molar-refractivity contribution < 1.29 is 14.3 Å². The monoisotopic (exact) mass is 339 g/mol. The minimum Gasteiger partial charge on any atom is -0.466 e. The van der Waals surface area contributed by atoms with Gasteiger partial charge in [0, 0.05) is 11.6 Å². The summed E-state index contributed by atoms with van der Waals surface area (Å²) in [6.45, 7) is 4.17. The van der Waals surface area contributed by atoms with Gasteiger partial charge in [-0.05, 0) is 44.4 Å². The SMILES string of the molecule is Cc1ccc(C(=O)NC(C)CC(=O)OCCCc2ccccc2)cc1. The predicted octanol–water partition coefficient (Wildman–Crippen LogP) is 3.68. The molecule has 0 fully saturated rings. The maximum absolute atomic E-state index is 12.1. The lowest BCUT2D eigenvalue weighted by Gasteiger charge is -2.13. The van der Waals surface area contributed by atoms with Crippen molar-refractivity contribution in [2.45, 2.75) is 39.2 Å². The van der Waals surface area contributed by atoms with Gasteiger partial charge in [-0.1, -0.05) is 48.0 Å². The highest BCUT2D eigenvalue weighted by Gasteiger charge is 2.14. The van der Waals surface area contributed by atoms with Crippen LogP contribution in [0.25, 0.3) is 0 Å². The number of amides is 1. The minimum absolute atomic E-state index is 0.170. The van der Waals surface area contributed by atoms with Gasteiger partial charge < -0.3 is 10.1 Å². The second kappa shape index (κ2) is 9.62. The van der Waals surface area contributed by atoms with Crippen molar-refractivity contribution in [3.05, 3.63) is 71.3 Å². The van der Waals surface area contributed by atoms with E-state index in [1.807, 2.05) is 37.3 Å². The molecular formula is C21H25NO3. The molecule has 4 heteroatoms. The minimum atomic E-state index is -0.287. The number of aryl methyl sites for hydroxylation is 2. The molecule has 25 heavy (non-hydrogen) atoms. The molecule has 0 aromatic heterocycles. The lowest BCUT2D eigenvalue weighted by Crippen LogP contribution is -2.34. The Hall–Kier alpha value is -2.62. The van der Waals surface area contributed by atoms with Crippen molar-refractivity contribution in [3.63, 3.8) is 0 Å². The summed E-state index contributed by atoms with van der Waals surface area (Å²) in [5.41, 5.74) is 2.93. The van der Waals surface area contributed by atoms with Crippen LogP contribution in [0, 0.1) is 6.92 Å². The van der Waals surface area contributed by atoms with Crippen molar-refractivity contribution in [2.24, 2.45) is 0 Å². The fourth-order valence-corrected chi connectivity index (χ4v) is 2.48.